The average molecular weight is 225 g/mol. The molecule has 0 aromatic heterocycles. The third-order valence-electron chi connectivity index (χ3n) is 2.48. The van der Waals surface area contributed by atoms with Crippen LogP contribution in [0.4, 0.5) is 4.39 Å². The van der Waals surface area contributed by atoms with Gasteiger partial charge in [-0.15, -0.1) is 0 Å². The highest BCUT2D eigenvalue weighted by Gasteiger charge is 2.14. The second-order valence-corrected chi connectivity index (χ2v) is 4.30. The van der Waals surface area contributed by atoms with Gasteiger partial charge in [0, 0.05) is 18.7 Å². The van der Waals surface area contributed by atoms with Gasteiger partial charge in [0.2, 0.25) is 0 Å². The normalized spacial score (nSPS) is 13.1. The molecule has 1 unspecified atom stereocenters. The van der Waals surface area contributed by atoms with E-state index in [1.165, 1.54) is 6.07 Å². The van der Waals surface area contributed by atoms with Gasteiger partial charge in [-0.1, -0.05) is 32.0 Å². The summed E-state index contributed by atoms with van der Waals surface area (Å²) in [5.74, 6) is 0.335. The van der Waals surface area contributed by atoms with Crippen LogP contribution in [0, 0.1) is 11.7 Å². The minimum absolute atomic E-state index is 0.248. The SMILES string of the molecule is CC(C)CCOC(CN)c1ccccc1F. The van der Waals surface area contributed by atoms with E-state index < -0.39 is 0 Å². The smallest absolute Gasteiger partial charge is 0.129 e. The summed E-state index contributed by atoms with van der Waals surface area (Å²) >= 11 is 0. The van der Waals surface area contributed by atoms with Gasteiger partial charge < -0.3 is 10.5 Å². The van der Waals surface area contributed by atoms with Gasteiger partial charge >= 0.3 is 0 Å². The molecule has 0 spiro atoms. The van der Waals surface area contributed by atoms with Gasteiger partial charge in [0.1, 0.15) is 5.82 Å². The molecule has 3 heteroatoms. The number of hydrogen-bond donors (Lipinski definition) is 1. The van der Waals surface area contributed by atoms with Crippen molar-refractivity contribution >= 4 is 0 Å². The largest absolute Gasteiger partial charge is 0.372 e. The third kappa shape index (κ3) is 3.91. The highest BCUT2D eigenvalue weighted by molar-refractivity contribution is 5.20. The second-order valence-electron chi connectivity index (χ2n) is 4.30. The van der Waals surface area contributed by atoms with Crippen LogP contribution in [-0.2, 0) is 4.74 Å². The molecule has 1 aromatic rings. The maximum atomic E-state index is 13.5. The van der Waals surface area contributed by atoms with Crippen molar-refractivity contribution in [1.29, 1.82) is 0 Å². The number of hydrogen-bond acceptors (Lipinski definition) is 2. The zero-order valence-corrected chi connectivity index (χ0v) is 9.95. The molecule has 2 N–H and O–H groups in total. The summed E-state index contributed by atoms with van der Waals surface area (Å²) in [6, 6.07) is 6.62. The number of ether oxygens (including phenoxy) is 1. The molecule has 1 rings (SSSR count). The molecule has 1 atom stereocenters. The highest BCUT2D eigenvalue weighted by atomic mass is 19.1. The minimum Gasteiger partial charge on any atom is -0.372 e. The third-order valence-corrected chi connectivity index (χ3v) is 2.48. The Kier molecular flexibility index (Phi) is 5.43. The van der Waals surface area contributed by atoms with E-state index in [1.54, 1.807) is 18.2 Å². The van der Waals surface area contributed by atoms with Crippen molar-refractivity contribution in [2.75, 3.05) is 13.2 Å². The Morgan fingerprint density at radius 1 is 1.31 bits per heavy atom. The van der Waals surface area contributed by atoms with Gasteiger partial charge in [0.15, 0.2) is 0 Å². The Bertz CT molecular complexity index is 315. The molecule has 2 nitrogen and oxygen atoms in total. The molecule has 0 saturated heterocycles. The fourth-order valence-electron chi connectivity index (χ4n) is 1.47. The quantitative estimate of drug-likeness (QED) is 0.808. The fraction of sp³-hybridized carbons (Fsp3) is 0.538. The molecule has 0 heterocycles. The van der Waals surface area contributed by atoms with Gasteiger partial charge in [-0.05, 0) is 18.4 Å². The molecule has 0 fully saturated rings. The lowest BCUT2D eigenvalue weighted by Crippen LogP contribution is -2.18. The van der Waals surface area contributed by atoms with Crippen LogP contribution in [0.25, 0.3) is 0 Å². The first kappa shape index (κ1) is 13.1. The van der Waals surface area contributed by atoms with E-state index in [4.69, 9.17) is 10.5 Å². The molecule has 0 saturated carbocycles. The standard InChI is InChI=1S/C13H20FNO/c1-10(2)7-8-16-13(9-15)11-5-3-4-6-12(11)14/h3-6,10,13H,7-9,15H2,1-2H3. The Morgan fingerprint density at radius 3 is 2.56 bits per heavy atom. The summed E-state index contributed by atoms with van der Waals surface area (Å²) in [6.07, 6.45) is 0.630. The van der Waals surface area contributed by atoms with Crippen molar-refractivity contribution in [3.05, 3.63) is 35.6 Å². The summed E-state index contributed by atoms with van der Waals surface area (Å²) in [5.41, 5.74) is 6.15. The molecule has 90 valence electrons. The summed E-state index contributed by atoms with van der Waals surface area (Å²) in [4.78, 5) is 0. The Balaban J connectivity index is 2.57. The first-order valence-electron chi connectivity index (χ1n) is 5.71. The number of rotatable bonds is 6. The molecule has 1 aromatic carbocycles. The van der Waals surface area contributed by atoms with Gasteiger partial charge in [-0.3, -0.25) is 0 Å². The number of halogens is 1. The zero-order valence-electron chi connectivity index (χ0n) is 9.95. The first-order chi connectivity index (χ1) is 7.65. The van der Waals surface area contributed by atoms with Gasteiger partial charge in [-0.2, -0.15) is 0 Å². The molecule has 0 radical (unpaired) electrons. The maximum absolute atomic E-state index is 13.5. The topological polar surface area (TPSA) is 35.2 Å². The van der Waals surface area contributed by atoms with Crippen molar-refractivity contribution in [2.24, 2.45) is 11.7 Å². The summed E-state index contributed by atoms with van der Waals surface area (Å²) < 4.78 is 19.1. The Morgan fingerprint density at radius 2 is 2.00 bits per heavy atom. The number of nitrogens with two attached hydrogens (primary N) is 1. The predicted octanol–water partition coefficient (Wildman–Crippen LogP) is 2.89. The summed E-state index contributed by atoms with van der Waals surface area (Å²) in [6.45, 7) is 5.18. The van der Waals surface area contributed by atoms with E-state index in [-0.39, 0.29) is 11.9 Å². The van der Waals surface area contributed by atoms with E-state index in [2.05, 4.69) is 13.8 Å². The number of benzene rings is 1. The Hall–Kier alpha value is -0.930. The van der Waals surface area contributed by atoms with E-state index in [0.717, 1.165) is 6.42 Å². The first-order valence-corrected chi connectivity index (χ1v) is 5.71. The summed E-state index contributed by atoms with van der Waals surface area (Å²) in [7, 11) is 0. The van der Waals surface area contributed by atoms with Crippen LogP contribution in [0.15, 0.2) is 24.3 Å². The van der Waals surface area contributed by atoms with Gasteiger partial charge in [0.05, 0.1) is 6.10 Å². The minimum atomic E-state index is -0.333. The lowest BCUT2D eigenvalue weighted by Gasteiger charge is -2.17. The van der Waals surface area contributed by atoms with Crippen molar-refractivity contribution in [3.8, 4) is 0 Å². The van der Waals surface area contributed by atoms with E-state index in [9.17, 15) is 4.39 Å². The summed E-state index contributed by atoms with van der Waals surface area (Å²) in [5, 5.41) is 0. The van der Waals surface area contributed by atoms with E-state index in [1.807, 2.05) is 0 Å². The average Bonchev–Trinajstić information content (AvgIpc) is 2.25. The van der Waals surface area contributed by atoms with Crippen LogP contribution in [0.3, 0.4) is 0 Å². The van der Waals surface area contributed by atoms with Crippen LogP contribution < -0.4 is 5.73 Å². The molecular weight excluding hydrogens is 205 g/mol. The van der Waals surface area contributed by atoms with Crippen molar-refractivity contribution in [3.63, 3.8) is 0 Å². The van der Waals surface area contributed by atoms with Gasteiger partial charge in [-0.25, -0.2) is 4.39 Å². The van der Waals surface area contributed by atoms with E-state index in [0.29, 0.717) is 24.6 Å². The molecule has 0 aliphatic carbocycles. The van der Waals surface area contributed by atoms with Gasteiger partial charge in [0.25, 0.3) is 0 Å². The van der Waals surface area contributed by atoms with Crippen molar-refractivity contribution in [2.45, 2.75) is 26.4 Å². The lowest BCUT2D eigenvalue weighted by atomic mass is 10.1. The lowest BCUT2D eigenvalue weighted by molar-refractivity contribution is 0.0493. The molecule has 16 heavy (non-hydrogen) atoms. The highest BCUT2D eigenvalue weighted by Crippen LogP contribution is 2.20. The molecular formula is C13H20FNO. The fourth-order valence-corrected chi connectivity index (χ4v) is 1.47. The zero-order chi connectivity index (χ0) is 12.0. The van der Waals surface area contributed by atoms with Crippen LogP contribution in [0.1, 0.15) is 31.9 Å². The van der Waals surface area contributed by atoms with E-state index >= 15 is 0 Å². The maximum Gasteiger partial charge on any atom is 0.129 e. The molecule has 0 amide bonds. The van der Waals surface area contributed by atoms with Crippen LogP contribution in [0.2, 0.25) is 0 Å². The van der Waals surface area contributed by atoms with Crippen molar-refractivity contribution < 1.29 is 9.13 Å². The second kappa shape index (κ2) is 6.61. The van der Waals surface area contributed by atoms with Crippen LogP contribution in [-0.4, -0.2) is 13.2 Å². The molecule has 0 aliphatic heterocycles. The van der Waals surface area contributed by atoms with Crippen molar-refractivity contribution in [1.82, 2.24) is 0 Å². The Labute approximate surface area is 96.6 Å². The van der Waals surface area contributed by atoms with Crippen LogP contribution >= 0.6 is 0 Å². The monoisotopic (exact) mass is 225 g/mol. The van der Waals surface area contributed by atoms with Crippen LogP contribution in [0.5, 0.6) is 0 Å². The molecule has 0 bridgehead atoms. The molecule has 0 aliphatic rings. The predicted molar refractivity (Wildman–Crippen MR) is 63.6 cm³/mol.